The molecule has 0 saturated carbocycles. The summed E-state index contributed by atoms with van der Waals surface area (Å²) < 4.78 is 0. The van der Waals surface area contributed by atoms with Crippen LogP contribution in [0.5, 0.6) is 0 Å². The first-order chi connectivity index (χ1) is 15.3. The van der Waals surface area contributed by atoms with Crippen LogP contribution in [0.25, 0.3) is 65.0 Å². The van der Waals surface area contributed by atoms with Crippen LogP contribution in [-0.4, -0.2) is 0 Å². The Bertz CT molecular complexity index is 1770. The van der Waals surface area contributed by atoms with Crippen molar-refractivity contribution in [2.45, 2.75) is 0 Å². The Morgan fingerprint density at radius 3 is 1.84 bits per heavy atom. The van der Waals surface area contributed by atoms with E-state index in [9.17, 15) is 0 Å². The van der Waals surface area contributed by atoms with Crippen LogP contribution >= 0.6 is 11.3 Å². The molecular weight excluding hydrogens is 392 g/mol. The maximum atomic E-state index is 2.38. The van der Waals surface area contributed by atoms with Crippen LogP contribution in [-0.2, 0) is 0 Å². The lowest BCUT2D eigenvalue weighted by atomic mass is 9.90. The van der Waals surface area contributed by atoms with Crippen molar-refractivity contribution in [3.05, 3.63) is 108 Å². The van der Waals surface area contributed by atoms with Gasteiger partial charge in [0, 0.05) is 0 Å². The Balaban J connectivity index is 1.66. The molecule has 7 rings (SSSR count). The normalized spacial score (nSPS) is 11.9. The van der Waals surface area contributed by atoms with E-state index < -0.39 is 0 Å². The molecule has 0 fully saturated rings. The Kier molecular flexibility index (Phi) is 3.52. The molecule has 0 atom stereocenters. The highest BCUT2D eigenvalue weighted by Crippen LogP contribution is 2.41. The number of hydrogen-bond donors (Lipinski definition) is 0. The van der Waals surface area contributed by atoms with Crippen molar-refractivity contribution in [2.24, 2.45) is 0 Å². The van der Waals surface area contributed by atoms with Crippen LogP contribution < -0.4 is 0 Å². The van der Waals surface area contributed by atoms with Gasteiger partial charge in [0.05, 0.1) is 0 Å². The predicted octanol–water partition coefficient (Wildman–Crippen LogP) is 9.18. The average molecular weight is 411 g/mol. The van der Waals surface area contributed by atoms with Crippen molar-refractivity contribution in [3.8, 4) is 11.1 Å². The molecule has 0 N–H and O–H groups in total. The summed E-state index contributed by atoms with van der Waals surface area (Å²) in [5.41, 5.74) is 2.65. The van der Waals surface area contributed by atoms with Gasteiger partial charge in [0.1, 0.15) is 0 Å². The number of rotatable bonds is 1. The fraction of sp³-hybridized carbons (Fsp3) is 0. The molecule has 7 aromatic rings. The summed E-state index contributed by atoms with van der Waals surface area (Å²) in [6, 6.07) is 35.9. The topological polar surface area (TPSA) is 0 Å². The van der Waals surface area contributed by atoms with E-state index in [2.05, 4.69) is 108 Å². The Morgan fingerprint density at radius 2 is 1.06 bits per heavy atom. The second kappa shape index (κ2) is 6.41. The van der Waals surface area contributed by atoms with Crippen molar-refractivity contribution in [1.82, 2.24) is 0 Å². The predicted molar refractivity (Wildman–Crippen MR) is 137 cm³/mol. The van der Waals surface area contributed by atoms with Gasteiger partial charge in [0.15, 0.2) is 0 Å². The highest BCUT2D eigenvalue weighted by atomic mass is 32.1. The fourth-order valence-electron chi connectivity index (χ4n) is 5.03. The van der Waals surface area contributed by atoms with E-state index in [4.69, 9.17) is 0 Å². The van der Waals surface area contributed by atoms with Gasteiger partial charge in [0.2, 0.25) is 0 Å². The first kappa shape index (κ1) is 17.0. The van der Waals surface area contributed by atoms with E-state index in [-0.39, 0.29) is 0 Å². The third-order valence-corrected chi connectivity index (χ3v) is 7.18. The van der Waals surface area contributed by atoms with E-state index in [1.165, 1.54) is 65.0 Å². The van der Waals surface area contributed by atoms with Gasteiger partial charge < -0.3 is 0 Å². The summed E-state index contributed by atoms with van der Waals surface area (Å²) in [6.07, 6.45) is 0. The zero-order chi connectivity index (χ0) is 20.4. The van der Waals surface area contributed by atoms with Gasteiger partial charge in [0.25, 0.3) is 0 Å². The van der Waals surface area contributed by atoms with Crippen LogP contribution in [0.1, 0.15) is 0 Å². The molecule has 144 valence electrons. The zero-order valence-corrected chi connectivity index (χ0v) is 17.6. The van der Waals surface area contributed by atoms with Crippen molar-refractivity contribution in [3.63, 3.8) is 0 Å². The van der Waals surface area contributed by atoms with E-state index in [1.54, 1.807) is 11.3 Å². The highest BCUT2D eigenvalue weighted by molar-refractivity contribution is 7.08. The van der Waals surface area contributed by atoms with Crippen molar-refractivity contribution in [2.75, 3.05) is 0 Å². The summed E-state index contributed by atoms with van der Waals surface area (Å²) in [6.45, 7) is 0. The Labute approximate surface area is 184 Å². The fourth-order valence-corrected chi connectivity index (χ4v) is 5.68. The molecular formula is C30H18S. The van der Waals surface area contributed by atoms with E-state index in [0.717, 1.165) is 0 Å². The molecule has 6 aromatic carbocycles. The minimum atomic E-state index is 1.29. The van der Waals surface area contributed by atoms with E-state index in [1.807, 2.05) is 0 Å². The smallest absolute Gasteiger partial charge is 0.00143 e. The molecule has 0 nitrogen and oxygen atoms in total. The SMILES string of the molecule is c1ccc2cc3cc4c(ccc5c(-c6ccsc6)c6ccccc6cc54)cc3cc2c1. The molecule has 1 heteroatoms. The maximum Gasteiger partial charge on any atom is -0.00143 e. The molecule has 0 aliphatic carbocycles. The monoisotopic (exact) mass is 410 g/mol. The molecule has 1 heterocycles. The van der Waals surface area contributed by atoms with Gasteiger partial charge in [-0.25, -0.2) is 0 Å². The summed E-state index contributed by atoms with van der Waals surface area (Å²) in [5, 5.41) is 17.5. The molecule has 0 amide bonds. The largest absolute Gasteiger partial charge is 0.152 e. The molecule has 0 bridgehead atoms. The third kappa shape index (κ3) is 2.54. The summed E-state index contributed by atoms with van der Waals surface area (Å²) in [7, 11) is 0. The second-order valence-electron chi connectivity index (χ2n) is 8.27. The van der Waals surface area contributed by atoms with Crippen LogP contribution in [0.2, 0.25) is 0 Å². The van der Waals surface area contributed by atoms with Crippen molar-refractivity contribution < 1.29 is 0 Å². The molecule has 0 aliphatic rings. The molecule has 0 saturated heterocycles. The number of hydrogen-bond acceptors (Lipinski definition) is 1. The molecule has 0 radical (unpaired) electrons. The van der Waals surface area contributed by atoms with E-state index >= 15 is 0 Å². The number of thiophene rings is 1. The van der Waals surface area contributed by atoms with Crippen LogP contribution in [0.15, 0.2) is 108 Å². The van der Waals surface area contributed by atoms with Crippen molar-refractivity contribution >= 4 is 65.2 Å². The molecule has 1 aromatic heterocycles. The van der Waals surface area contributed by atoms with Gasteiger partial charge in [-0.05, 0) is 112 Å². The van der Waals surface area contributed by atoms with Crippen LogP contribution in [0.4, 0.5) is 0 Å². The molecule has 0 aliphatic heterocycles. The van der Waals surface area contributed by atoms with Gasteiger partial charge in [-0.15, -0.1) is 0 Å². The molecule has 31 heavy (non-hydrogen) atoms. The van der Waals surface area contributed by atoms with E-state index in [0.29, 0.717) is 0 Å². The lowest BCUT2D eigenvalue weighted by Crippen LogP contribution is -1.86. The van der Waals surface area contributed by atoms with Gasteiger partial charge in [-0.2, -0.15) is 11.3 Å². The quantitative estimate of drug-likeness (QED) is 0.187. The zero-order valence-electron chi connectivity index (χ0n) is 16.8. The van der Waals surface area contributed by atoms with Crippen LogP contribution in [0, 0.1) is 0 Å². The molecule has 0 spiro atoms. The number of fused-ring (bicyclic) bond motifs is 6. The Hall–Kier alpha value is -3.68. The first-order valence-corrected chi connectivity index (χ1v) is 11.5. The maximum absolute atomic E-state index is 2.38. The summed E-state index contributed by atoms with van der Waals surface area (Å²) >= 11 is 1.76. The van der Waals surface area contributed by atoms with Crippen molar-refractivity contribution in [1.29, 1.82) is 0 Å². The van der Waals surface area contributed by atoms with Gasteiger partial charge in [-0.1, -0.05) is 60.7 Å². The number of benzene rings is 6. The third-order valence-electron chi connectivity index (χ3n) is 6.49. The lowest BCUT2D eigenvalue weighted by molar-refractivity contribution is 1.76. The van der Waals surface area contributed by atoms with Gasteiger partial charge >= 0.3 is 0 Å². The standard InChI is InChI=1S/C30H18S/c1-2-6-20-14-25-17-28-22(15-24(25)13-19(20)5-1)9-10-27-29(28)16-21-7-3-4-8-26(21)30(27)23-11-12-31-18-23/h1-18H. The lowest BCUT2D eigenvalue weighted by Gasteiger charge is -2.14. The van der Waals surface area contributed by atoms with Gasteiger partial charge in [-0.3, -0.25) is 0 Å². The first-order valence-electron chi connectivity index (χ1n) is 10.6. The highest BCUT2D eigenvalue weighted by Gasteiger charge is 2.13. The Morgan fingerprint density at radius 1 is 0.419 bits per heavy atom. The minimum Gasteiger partial charge on any atom is -0.152 e. The second-order valence-corrected chi connectivity index (χ2v) is 9.05. The molecule has 0 unspecified atom stereocenters. The summed E-state index contributed by atoms with van der Waals surface area (Å²) in [4.78, 5) is 0. The average Bonchev–Trinajstić information content (AvgIpc) is 3.34. The minimum absolute atomic E-state index is 1.29. The van der Waals surface area contributed by atoms with Crippen LogP contribution in [0.3, 0.4) is 0 Å². The summed E-state index contributed by atoms with van der Waals surface area (Å²) in [5.74, 6) is 0.